The van der Waals surface area contributed by atoms with Gasteiger partial charge in [0.05, 0.1) is 4.32 Å². The molecular weight excluding hydrogens is 339 g/mol. The minimum Gasteiger partial charge on any atom is -0.235 e. The molecule has 1 aliphatic carbocycles. The maximum absolute atomic E-state index is 10.3. The first-order valence-corrected chi connectivity index (χ1v) is 5.64. The van der Waals surface area contributed by atoms with E-state index < -0.39 is 15.4 Å². The van der Waals surface area contributed by atoms with Gasteiger partial charge in [-0.1, -0.05) is 49.5 Å². The quantitative estimate of drug-likeness (QED) is 0.475. The minimum absolute atomic E-state index is 0.385. The van der Waals surface area contributed by atoms with Gasteiger partial charge in [-0.3, -0.25) is 0 Å². The van der Waals surface area contributed by atoms with Crippen LogP contribution in [0, 0.1) is 10.1 Å². The lowest BCUT2D eigenvalue weighted by Gasteiger charge is -2.29. The average Bonchev–Trinajstić information content (AvgIpc) is 1.95. The summed E-state index contributed by atoms with van der Waals surface area (Å²) in [5.41, 5.74) is 2.15. The van der Waals surface area contributed by atoms with E-state index in [1.807, 2.05) is 0 Å². The summed E-state index contributed by atoms with van der Waals surface area (Å²) >= 11 is 12.5. The number of nitrogens with zero attached hydrogens (tertiary/aromatic N) is 1. The van der Waals surface area contributed by atoms with Gasteiger partial charge in [-0.25, -0.2) is 10.1 Å². The molecule has 1 N–H and O–H groups in total. The van der Waals surface area contributed by atoms with Gasteiger partial charge in [0.2, 0.25) is 0 Å². The third kappa shape index (κ3) is 2.71. The number of halogens is 3. The summed E-state index contributed by atoms with van der Waals surface area (Å²) in [6, 6.07) is -0.569. The monoisotopic (exact) mass is 344 g/mol. The largest absolute Gasteiger partial charge is 0.235 e. The summed E-state index contributed by atoms with van der Waals surface area (Å²) in [5, 5.41) is 10.1. The number of alkyl halides is 1. The molecule has 7 heteroatoms. The third-order valence-electron chi connectivity index (χ3n) is 1.77. The van der Waals surface area contributed by atoms with E-state index in [9.17, 15) is 10.1 Å². The normalized spacial score (nSPS) is 31.9. The van der Waals surface area contributed by atoms with E-state index >= 15 is 0 Å². The molecule has 0 saturated heterocycles. The van der Waals surface area contributed by atoms with Crippen molar-refractivity contribution in [3.8, 4) is 0 Å². The summed E-state index contributed by atoms with van der Waals surface area (Å²) in [5.74, 6) is 0. The zero-order valence-corrected chi connectivity index (χ0v) is 11.1. The molecule has 0 aromatic carbocycles. The average molecular weight is 346 g/mol. The first-order chi connectivity index (χ1) is 6.33. The van der Waals surface area contributed by atoms with E-state index in [4.69, 9.17) is 11.6 Å². The van der Waals surface area contributed by atoms with E-state index in [2.05, 4.69) is 37.3 Å². The molecule has 1 rings (SSSR count). The van der Waals surface area contributed by atoms with Crippen molar-refractivity contribution in [2.45, 2.75) is 17.3 Å². The molecule has 0 amide bonds. The molecule has 14 heavy (non-hydrogen) atoms. The van der Waals surface area contributed by atoms with Crippen LogP contribution >= 0.6 is 43.5 Å². The summed E-state index contributed by atoms with van der Waals surface area (Å²) in [4.78, 5) is 10.3. The molecule has 2 atom stereocenters. The van der Waals surface area contributed by atoms with Gasteiger partial charge in [-0.2, -0.15) is 0 Å². The molecule has 78 valence electrons. The number of rotatable bonds is 2. The Balaban J connectivity index is 2.96. The Labute approximate surface area is 103 Å². The van der Waals surface area contributed by atoms with Gasteiger partial charge in [-0.05, 0) is 13.0 Å². The van der Waals surface area contributed by atoms with E-state index in [-0.39, 0.29) is 0 Å². The van der Waals surface area contributed by atoms with Gasteiger partial charge in [0.1, 0.15) is 6.04 Å². The Morgan fingerprint density at radius 1 is 1.79 bits per heavy atom. The molecule has 1 aliphatic rings. The van der Waals surface area contributed by atoms with Crippen molar-refractivity contribution < 1.29 is 5.03 Å². The van der Waals surface area contributed by atoms with Crippen LogP contribution in [0.2, 0.25) is 0 Å². The molecule has 2 unspecified atom stereocenters. The summed E-state index contributed by atoms with van der Waals surface area (Å²) in [7, 11) is 0. The van der Waals surface area contributed by atoms with Crippen LogP contribution in [0.5, 0.6) is 0 Å². The number of hydrogen-bond donors (Lipinski definition) is 1. The molecule has 0 heterocycles. The number of hydrogen-bond acceptors (Lipinski definition) is 2. The SMILES string of the molecule is CC1(Br)C=C(Br)C=C(Cl)C1N[N+](=O)[O-]. The molecule has 0 radical (unpaired) electrons. The molecule has 0 spiro atoms. The second kappa shape index (κ2) is 4.20. The lowest BCUT2D eigenvalue weighted by molar-refractivity contribution is -0.549. The van der Waals surface area contributed by atoms with E-state index in [0.29, 0.717) is 5.03 Å². The Morgan fingerprint density at radius 3 is 2.79 bits per heavy atom. The molecule has 0 aromatic rings. The van der Waals surface area contributed by atoms with E-state index in [1.165, 1.54) is 0 Å². The van der Waals surface area contributed by atoms with Crippen LogP contribution in [0.25, 0.3) is 0 Å². The van der Waals surface area contributed by atoms with Crippen LogP contribution in [0.15, 0.2) is 21.7 Å². The molecular formula is C7H7Br2ClN2O2. The highest BCUT2D eigenvalue weighted by molar-refractivity contribution is 9.12. The van der Waals surface area contributed by atoms with Crippen molar-refractivity contribution in [3.63, 3.8) is 0 Å². The first kappa shape index (κ1) is 12.0. The van der Waals surface area contributed by atoms with Crippen molar-refractivity contribution in [2.24, 2.45) is 0 Å². The van der Waals surface area contributed by atoms with Crippen LogP contribution in [0.1, 0.15) is 6.92 Å². The van der Waals surface area contributed by atoms with Crippen molar-refractivity contribution in [2.75, 3.05) is 0 Å². The molecule has 0 saturated carbocycles. The number of allylic oxidation sites excluding steroid dienone is 2. The number of hydrazine groups is 1. The molecule has 0 aliphatic heterocycles. The fourth-order valence-corrected chi connectivity index (χ4v) is 3.45. The highest BCUT2D eigenvalue weighted by atomic mass is 79.9. The van der Waals surface area contributed by atoms with Crippen molar-refractivity contribution in [1.29, 1.82) is 0 Å². The summed E-state index contributed by atoms with van der Waals surface area (Å²) in [6.45, 7) is 1.80. The summed E-state index contributed by atoms with van der Waals surface area (Å²) in [6.07, 6.45) is 3.44. The Morgan fingerprint density at radius 2 is 2.36 bits per heavy atom. The Hall–Kier alpha value is -0.0700. The van der Waals surface area contributed by atoms with Gasteiger partial charge >= 0.3 is 0 Å². The lowest BCUT2D eigenvalue weighted by atomic mass is 9.97. The fraction of sp³-hybridized carbons (Fsp3) is 0.429. The predicted octanol–water partition coefficient (Wildman–Crippen LogP) is 2.71. The van der Waals surface area contributed by atoms with Crippen LogP contribution in [-0.2, 0) is 0 Å². The van der Waals surface area contributed by atoms with Gasteiger partial charge in [0.15, 0.2) is 5.03 Å². The number of nitrogens with one attached hydrogen (secondary N) is 1. The third-order valence-corrected chi connectivity index (χ3v) is 3.24. The van der Waals surface area contributed by atoms with Crippen LogP contribution in [0.4, 0.5) is 0 Å². The van der Waals surface area contributed by atoms with Gasteiger partial charge in [-0.15, -0.1) is 5.43 Å². The van der Waals surface area contributed by atoms with Crippen LogP contribution in [0.3, 0.4) is 0 Å². The number of nitro groups is 1. The maximum atomic E-state index is 10.3. The van der Waals surface area contributed by atoms with Gasteiger partial charge in [0, 0.05) is 9.51 Å². The van der Waals surface area contributed by atoms with Gasteiger partial charge in [0.25, 0.3) is 0 Å². The van der Waals surface area contributed by atoms with Crippen molar-refractivity contribution in [3.05, 3.63) is 31.8 Å². The topological polar surface area (TPSA) is 55.2 Å². The van der Waals surface area contributed by atoms with E-state index in [0.717, 1.165) is 4.48 Å². The zero-order valence-electron chi connectivity index (χ0n) is 7.13. The maximum Gasteiger partial charge on any atom is 0.158 e. The minimum atomic E-state index is -0.604. The second-order valence-corrected chi connectivity index (χ2v) is 6.09. The highest BCUT2D eigenvalue weighted by Crippen LogP contribution is 2.37. The predicted molar refractivity (Wildman–Crippen MR) is 62.2 cm³/mol. The molecule has 0 fully saturated rings. The Bertz CT molecular complexity index is 328. The molecule has 4 nitrogen and oxygen atoms in total. The van der Waals surface area contributed by atoms with E-state index in [1.54, 1.807) is 19.1 Å². The first-order valence-electron chi connectivity index (χ1n) is 3.68. The van der Waals surface area contributed by atoms with Crippen molar-refractivity contribution in [1.82, 2.24) is 5.43 Å². The molecule has 0 bridgehead atoms. The molecule has 0 aromatic heterocycles. The second-order valence-electron chi connectivity index (χ2n) is 3.03. The summed E-state index contributed by atoms with van der Waals surface area (Å²) < 4.78 is 0.216. The Kier molecular flexibility index (Phi) is 3.60. The fourth-order valence-electron chi connectivity index (χ4n) is 1.17. The highest BCUT2D eigenvalue weighted by Gasteiger charge is 2.38. The van der Waals surface area contributed by atoms with Crippen molar-refractivity contribution >= 4 is 43.5 Å². The smallest absolute Gasteiger partial charge is 0.158 e. The lowest BCUT2D eigenvalue weighted by Crippen LogP contribution is -2.47. The standard InChI is InChI=1S/C7H7Br2ClN2O2/c1-7(9)3-4(8)2-5(10)6(7)11-12(13)14/h2-3,6,11H,1H3. The zero-order chi connectivity index (χ0) is 10.9. The van der Waals surface area contributed by atoms with Gasteiger partial charge < -0.3 is 0 Å². The van der Waals surface area contributed by atoms with Crippen LogP contribution in [-0.4, -0.2) is 15.4 Å². The van der Waals surface area contributed by atoms with Crippen LogP contribution < -0.4 is 5.43 Å².